The van der Waals surface area contributed by atoms with Crippen LogP contribution in [0.1, 0.15) is 39.0 Å². The van der Waals surface area contributed by atoms with Gasteiger partial charge in [0.05, 0.1) is 6.10 Å². The van der Waals surface area contributed by atoms with Crippen molar-refractivity contribution in [2.45, 2.75) is 51.2 Å². The van der Waals surface area contributed by atoms with Gasteiger partial charge >= 0.3 is 0 Å². The molecule has 2 atom stereocenters. The zero-order valence-corrected chi connectivity index (χ0v) is 9.46. The average molecular weight is 214 g/mol. The summed E-state index contributed by atoms with van der Waals surface area (Å²) in [6.07, 6.45) is 4.72. The molecule has 0 aliphatic carbocycles. The first-order chi connectivity index (χ1) is 7.18. The van der Waals surface area contributed by atoms with Gasteiger partial charge in [0.15, 0.2) is 0 Å². The second-order valence-corrected chi connectivity index (χ2v) is 4.34. The molecule has 1 fully saturated rings. The molecular weight excluding hydrogens is 192 g/mol. The van der Waals surface area contributed by atoms with Crippen LogP contribution in [0.3, 0.4) is 0 Å². The van der Waals surface area contributed by atoms with Crippen molar-refractivity contribution in [1.82, 2.24) is 10.6 Å². The number of carbonyl (C=O) groups is 1. The van der Waals surface area contributed by atoms with Crippen molar-refractivity contribution in [3.05, 3.63) is 0 Å². The van der Waals surface area contributed by atoms with E-state index in [0.717, 1.165) is 13.0 Å². The van der Waals surface area contributed by atoms with Crippen LogP contribution < -0.4 is 10.6 Å². The highest BCUT2D eigenvalue weighted by Crippen LogP contribution is 2.11. The molecule has 3 N–H and O–H groups in total. The van der Waals surface area contributed by atoms with E-state index in [1.807, 2.05) is 0 Å². The summed E-state index contributed by atoms with van der Waals surface area (Å²) in [6.45, 7) is 3.11. The highest BCUT2D eigenvalue weighted by atomic mass is 16.3. The van der Waals surface area contributed by atoms with E-state index in [1.54, 1.807) is 6.92 Å². The Hall–Kier alpha value is -0.610. The molecule has 0 aromatic heterocycles. The second kappa shape index (κ2) is 6.80. The minimum Gasteiger partial charge on any atom is -0.392 e. The topological polar surface area (TPSA) is 61.4 Å². The van der Waals surface area contributed by atoms with Crippen LogP contribution in [0.25, 0.3) is 0 Å². The Morgan fingerprint density at radius 1 is 1.60 bits per heavy atom. The van der Waals surface area contributed by atoms with Gasteiger partial charge in [-0.05, 0) is 32.7 Å². The zero-order valence-electron chi connectivity index (χ0n) is 9.46. The third kappa shape index (κ3) is 5.74. The Morgan fingerprint density at radius 3 is 3.00 bits per heavy atom. The molecule has 1 aliphatic rings. The fourth-order valence-corrected chi connectivity index (χ4v) is 1.83. The molecule has 0 radical (unpaired) electrons. The fraction of sp³-hybridized carbons (Fsp3) is 0.909. The molecular formula is C11H22N2O2. The van der Waals surface area contributed by atoms with Crippen molar-refractivity contribution in [2.24, 2.45) is 0 Å². The lowest BCUT2D eigenvalue weighted by molar-refractivity contribution is -0.121. The van der Waals surface area contributed by atoms with Gasteiger partial charge < -0.3 is 15.7 Å². The van der Waals surface area contributed by atoms with Gasteiger partial charge in [-0.3, -0.25) is 4.79 Å². The van der Waals surface area contributed by atoms with Gasteiger partial charge in [-0.25, -0.2) is 0 Å². The van der Waals surface area contributed by atoms with Crippen LogP contribution in [-0.2, 0) is 4.79 Å². The number of amides is 1. The van der Waals surface area contributed by atoms with Crippen LogP contribution in [-0.4, -0.2) is 36.2 Å². The molecule has 4 nitrogen and oxygen atoms in total. The van der Waals surface area contributed by atoms with E-state index < -0.39 is 6.10 Å². The van der Waals surface area contributed by atoms with Crippen molar-refractivity contribution in [3.8, 4) is 0 Å². The summed E-state index contributed by atoms with van der Waals surface area (Å²) in [6, 6.07) is 0.510. The second-order valence-electron chi connectivity index (χ2n) is 4.34. The Kier molecular flexibility index (Phi) is 5.65. The lowest BCUT2D eigenvalue weighted by atomic mass is 10.0. The largest absolute Gasteiger partial charge is 0.392 e. The normalized spacial score (nSPS) is 23.5. The Balaban J connectivity index is 2.05. The quantitative estimate of drug-likeness (QED) is 0.621. The zero-order chi connectivity index (χ0) is 11.1. The molecule has 0 saturated carbocycles. The van der Waals surface area contributed by atoms with Gasteiger partial charge in [-0.1, -0.05) is 6.42 Å². The van der Waals surface area contributed by atoms with Crippen molar-refractivity contribution >= 4 is 5.91 Å². The highest BCUT2D eigenvalue weighted by molar-refractivity contribution is 5.75. The summed E-state index contributed by atoms with van der Waals surface area (Å²) >= 11 is 0. The van der Waals surface area contributed by atoms with Gasteiger partial charge in [0.25, 0.3) is 0 Å². The summed E-state index contributed by atoms with van der Waals surface area (Å²) in [5, 5.41) is 15.1. The number of piperidine rings is 1. The van der Waals surface area contributed by atoms with Crippen LogP contribution >= 0.6 is 0 Å². The average Bonchev–Trinajstić information content (AvgIpc) is 2.25. The summed E-state index contributed by atoms with van der Waals surface area (Å²) < 4.78 is 0. The molecule has 1 aliphatic heterocycles. The van der Waals surface area contributed by atoms with E-state index >= 15 is 0 Å². The summed E-state index contributed by atoms with van der Waals surface area (Å²) in [5.41, 5.74) is 0. The van der Waals surface area contributed by atoms with Crippen molar-refractivity contribution < 1.29 is 9.90 Å². The molecule has 1 unspecified atom stereocenters. The van der Waals surface area contributed by atoms with E-state index in [1.165, 1.54) is 19.3 Å². The van der Waals surface area contributed by atoms with Gasteiger partial charge in [-0.2, -0.15) is 0 Å². The molecule has 0 aromatic carbocycles. The summed E-state index contributed by atoms with van der Waals surface area (Å²) in [4.78, 5) is 11.3. The number of aliphatic hydroxyl groups is 1. The number of carbonyl (C=O) groups excluding carboxylic acids is 1. The van der Waals surface area contributed by atoms with E-state index in [9.17, 15) is 4.79 Å². The highest BCUT2D eigenvalue weighted by Gasteiger charge is 2.13. The van der Waals surface area contributed by atoms with Crippen LogP contribution in [0.4, 0.5) is 0 Å². The van der Waals surface area contributed by atoms with Crippen molar-refractivity contribution in [3.63, 3.8) is 0 Å². The minimum atomic E-state index is -0.457. The first kappa shape index (κ1) is 12.5. The third-order valence-corrected chi connectivity index (χ3v) is 2.73. The minimum absolute atomic E-state index is 0.0447. The smallest absolute Gasteiger partial charge is 0.220 e. The van der Waals surface area contributed by atoms with E-state index in [4.69, 9.17) is 5.11 Å². The first-order valence-electron chi connectivity index (χ1n) is 5.86. The number of rotatable bonds is 5. The predicted octanol–water partition coefficient (Wildman–Crippen LogP) is 0.406. The maximum atomic E-state index is 11.3. The number of aliphatic hydroxyl groups excluding tert-OH is 1. The van der Waals surface area contributed by atoms with Crippen molar-refractivity contribution in [2.75, 3.05) is 13.1 Å². The molecule has 1 heterocycles. The van der Waals surface area contributed by atoms with E-state index in [2.05, 4.69) is 10.6 Å². The fourth-order valence-electron chi connectivity index (χ4n) is 1.83. The SMILES string of the molecule is C[C@@H](O)CNC(=O)CCC1CCCCN1. The molecule has 1 amide bonds. The van der Waals surface area contributed by atoms with E-state index in [0.29, 0.717) is 19.0 Å². The molecule has 0 bridgehead atoms. The van der Waals surface area contributed by atoms with Crippen LogP contribution in [0.15, 0.2) is 0 Å². The molecule has 1 rings (SSSR count). The molecule has 15 heavy (non-hydrogen) atoms. The summed E-state index contributed by atoms with van der Waals surface area (Å²) in [5.74, 6) is 0.0447. The Bertz CT molecular complexity index is 189. The molecule has 4 heteroatoms. The van der Waals surface area contributed by atoms with Crippen LogP contribution in [0, 0.1) is 0 Å². The van der Waals surface area contributed by atoms with Crippen LogP contribution in [0.2, 0.25) is 0 Å². The lowest BCUT2D eigenvalue weighted by Gasteiger charge is -2.23. The maximum absolute atomic E-state index is 11.3. The standard InChI is InChI=1S/C11H22N2O2/c1-9(14)8-13-11(15)6-5-10-4-2-3-7-12-10/h9-10,12,14H,2-8H2,1H3,(H,13,15)/t9-,10?/m1/s1. The van der Waals surface area contributed by atoms with Crippen LogP contribution in [0.5, 0.6) is 0 Å². The number of hydrogen-bond donors (Lipinski definition) is 3. The summed E-state index contributed by atoms with van der Waals surface area (Å²) in [7, 11) is 0. The third-order valence-electron chi connectivity index (χ3n) is 2.73. The predicted molar refractivity (Wildman–Crippen MR) is 59.6 cm³/mol. The van der Waals surface area contributed by atoms with Gasteiger partial charge in [0, 0.05) is 19.0 Å². The maximum Gasteiger partial charge on any atom is 0.220 e. The molecule has 0 aromatic rings. The van der Waals surface area contributed by atoms with E-state index in [-0.39, 0.29) is 5.91 Å². The van der Waals surface area contributed by atoms with Gasteiger partial charge in [0.1, 0.15) is 0 Å². The molecule has 0 spiro atoms. The Labute approximate surface area is 91.4 Å². The van der Waals surface area contributed by atoms with Gasteiger partial charge in [0.2, 0.25) is 5.91 Å². The molecule has 1 saturated heterocycles. The molecule has 88 valence electrons. The number of hydrogen-bond acceptors (Lipinski definition) is 3. The number of nitrogens with one attached hydrogen (secondary N) is 2. The lowest BCUT2D eigenvalue weighted by Crippen LogP contribution is -2.36. The van der Waals surface area contributed by atoms with Gasteiger partial charge in [-0.15, -0.1) is 0 Å². The van der Waals surface area contributed by atoms with Crippen molar-refractivity contribution in [1.29, 1.82) is 0 Å². The Morgan fingerprint density at radius 2 is 2.40 bits per heavy atom. The first-order valence-corrected chi connectivity index (χ1v) is 5.86. The monoisotopic (exact) mass is 214 g/mol.